The second-order valence-electron chi connectivity index (χ2n) is 7.40. The Morgan fingerprint density at radius 3 is 2.23 bits per heavy atom. The number of rotatable bonds is 7. The molecule has 0 spiro atoms. The van der Waals surface area contributed by atoms with Crippen LogP contribution < -0.4 is 21.5 Å². The lowest BCUT2D eigenvalue weighted by molar-refractivity contribution is 0.0824. The van der Waals surface area contributed by atoms with Gasteiger partial charge in [-0.15, -0.1) is 0 Å². The first-order valence-corrected chi connectivity index (χ1v) is 9.72. The van der Waals surface area contributed by atoms with E-state index in [9.17, 15) is 19.5 Å². The summed E-state index contributed by atoms with van der Waals surface area (Å²) in [6.45, 7) is 3.72. The number of hydrogen-bond donors (Lipinski definition) is 3. The molecule has 7 nitrogen and oxygen atoms in total. The smallest absolute Gasteiger partial charge is 0.257 e. The molecule has 3 N–H and O–H groups in total. The van der Waals surface area contributed by atoms with E-state index in [1.165, 1.54) is 11.0 Å². The van der Waals surface area contributed by atoms with Crippen LogP contribution in [0.3, 0.4) is 0 Å². The molecule has 1 atom stereocenters. The van der Waals surface area contributed by atoms with Crippen molar-refractivity contribution in [2.24, 2.45) is 0 Å². The van der Waals surface area contributed by atoms with Crippen LogP contribution in [-0.2, 0) is 0 Å². The van der Waals surface area contributed by atoms with Gasteiger partial charge in [0, 0.05) is 14.1 Å². The number of anilines is 3. The van der Waals surface area contributed by atoms with E-state index in [-0.39, 0.29) is 40.3 Å². The molecule has 3 rings (SSSR count). The van der Waals surface area contributed by atoms with Crippen LogP contribution in [0.1, 0.15) is 40.9 Å². The summed E-state index contributed by atoms with van der Waals surface area (Å²) in [5.41, 5.74) is 0.963. The fourth-order valence-corrected chi connectivity index (χ4v) is 3.32. The maximum atomic E-state index is 12.3. The fraction of sp³-hybridized carbons (Fsp3) is 0.261. The average molecular weight is 407 g/mol. The van der Waals surface area contributed by atoms with Gasteiger partial charge < -0.3 is 20.6 Å². The Bertz CT molecular complexity index is 1150. The molecule has 7 heteroatoms. The SMILES string of the molecule is CC[C@@H](Nc1c(Nc2c(C)ccc(C(=O)N(C)C)c2O)c(=O)c1=O)c1ccccc1. The molecule has 0 unspecified atom stereocenters. The average Bonchev–Trinajstić information content (AvgIpc) is 2.75. The second-order valence-corrected chi connectivity index (χ2v) is 7.40. The lowest BCUT2D eigenvalue weighted by Crippen LogP contribution is -2.37. The third kappa shape index (κ3) is 3.78. The molecule has 0 aliphatic carbocycles. The minimum absolute atomic E-state index is 0.0854. The summed E-state index contributed by atoms with van der Waals surface area (Å²) >= 11 is 0. The van der Waals surface area contributed by atoms with Crippen LogP contribution in [0.25, 0.3) is 0 Å². The van der Waals surface area contributed by atoms with Crippen molar-refractivity contribution in [2.75, 3.05) is 24.7 Å². The van der Waals surface area contributed by atoms with Crippen molar-refractivity contribution < 1.29 is 9.90 Å². The molecule has 0 heterocycles. The Labute approximate surface area is 174 Å². The van der Waals surface area contributed by atoms with Gasteiger partial charge in [-0.3, -0.25) is 14.4 Å². The van der Waals surface area contributed by atoms with E-state index in [0.717, 1.165) is 5.56 Å². The van der Waals surface area contributed by atoms with Crippen molar-refractivity contribution >= 4 is 23.0 Å². The monoisotopic (exact) mass is 407 g/mol. The summed E-state index contributed by atoms with van der Waals surface area (Å²) in [5.74, 6) is -0.628. The Morgan fingerprint density at radius 2 is 1.63 bits per heavy atom. The van der Waals surface area contributed by atoms with E-state index in [1.54, 1.807) is 27.1 Å². The lowest BCUT2D eigenvalue weighted by atomic mass is 10.0. The van der Waals surface area contributed by atoms with Gasteiger partial charge in [-0.05, 0) is 30.5 Å². The molecule has 1 amide bonds. The predicted octanol–water partition coefficient (Wildman–Crippen LogP) is 3.31. The summed E-state index contributed by atoms with van der Waals surface area (Å²) < 4.78 is 0. The maximum Gasteiger partial charge on any atom is 0.257 e. The zero-order valence-electron chi connectivity index (χ0n) is 17.4. The Kier molecular flexibility index (Phi) is 5.91. The molecule has 0 bridgehead atoms. The number of phenols is 1. The number of carbonyl (C=O) groups is 1. The number of benzene rings is 2. The number of carbonyl (C=O) groups excluding carboxylic acids is 1. The quantitative estimate of drug-likeness (QED) is 0.411. The number of aromatic hydroxyl groups is 1. The highest BCUT2D eigenvalue weighted by Crippen LogP contribution is 2.35. The molecule has 0 aromatic heterocycles. The molecule has 0 saturated carbocycles. The van der Waals surface area contributed by atoms with Crippen molar-refractivity contribution in [3.63, 3.8) is 0 Å². The topological polar surface area (TPSA) is 98.7 Å². The van der Waals surface area contributed by atoms with Crippen LogP contribution in [0.15, 0.2) is 52.1 Å². The molecule has 0 fully saturated rings. The largest absolute Gasteiger partial charge is 0.505 e. The van der Waals surface area contributed by atoms with Crippen molar-refractivity contribution in [3.8, 4) is 5.75 Å². The molecule has 0 radical (unpaired) electrons. The number of hydrogen-bond acceptors (Lipinski definition) is 6. The van der Waals surface area contributed by atoms with Gasteiger partial charge in [0.2, 0.25) is 0 Å². The lowest BCUT2D eigenvalue weighted by Gasteiger charge is -2.23. The van der Waals surface area contributed by atoms with Crippen LogP contribution >= 0.6 is 0 Å². The minimum atomic E-state index is -0.663. The van der Waals surface area contributed by atoms with Crippen LogP contribution in [-0.4, -0.2) is 30.0 Å². The van der Waals surface area contributed by atoms with E-state index < -0.39 is 10.9 Å². The number of nitrogens with one attached hydrogen (secondary N) is 2. The van der Waals surface area contributed by atoms with Gasteiger partial charge in [-0.25, -0.2) is 0 Å². The van der Waals surface area contributed by atoms with Crippen molar-refractivity contribution in [2.45, 2.75) is 26.3 Å². The molecule has 3 aromatic rings. The summed E-state index contributed by atoms with van der Waals surface area (Å²) in [5, 5.41) is 16.7. The highest BCUT2D eigenvalue weighted by Gasteiger charge is 2.26. The zero-order chi connectivity index (χ0) is 22.0. The van der Waals surface area contributed by atoms with E-state index >= 15 is 0 Å². The number of nitrogens with zero attached hydrogens (tertiary/aromatic N) is 1. The number of aryl methyl sites for hydroxylation is 1. The number of phenolic OH excluding ortho intramolecular Hbond substituents is 1. The molecular formula is C23H25N3O4. The van der Waals surface area contributed by atoms with E-state index in [1.807, 2.05) is 37.3 Å². The maximum absolute atomic E-state index is 12.3. The van der Waals surface area contributed by atoms with Crippen LogP contribution in [0.2, 0.25) is 0 Å². The Morgan fingerprint density at radius 1 is 1.00 bits per heavy atom. The first kappa shape index (κ1) is 21.1. The predicted molar refractivity (Wildman–Crippen MR) is 119 cm³/mol. The van der Waals surface area contributed by atoms with Gasteiger partial charge in [-0.1, -0.05) is 43.3 Å². The molecular weight excluding hydrogens is 382 g/mol. The fourth-order valence-electron chi connectivity index (χ4n) is 3.32. The summed E-state index contributed by atoms with van der Waals surface area (Å²) in [6, 6.07) is 12.7. The first-order valence-electron chi connectivity index (χ1n) is 9.72. The molecule has 0 saturated heterocycles. The number of amides is 1. The zero-order valence-corrected chi connectivity index (χ0v) is 17.4. The summed E-state index contributed by atoms with van der Waals surface area (Å²) in [7, 11) is 3.17. The van der Waals surface area contributed by atoms with Gasteiger partial charge in [0.05, 0.1) is 17.3 Å². The highest BCUT2D eigenvalue weighted by atomic mass is 16.3. The van der Waals surface area contributed by atoms with Crippen molar-refractivity contribution in [3.05, 3.63) is 79.6 Å². The Hall–Kier alpha value is -3.61. The van der Waals surface area contributed by atoms with E-state index in [0.29, 0.717) is 12.0 Å². The molecule has 0 aliphatic heterocycles. The van der Waals surface area contributed by atoms with E-state index in [2.05, 4.69) is 10.6 Å². The summed E-state index contributed by atoms with van der Waals surface area (Å²) in [4.78, 5) is 38.2. The second kappa shape index (κ2) is 8.41. The van der Waals surface area contributed by atoms with Crippen LogP contribution in [0.5, 0.6) is 5.75 Å². The molecule has 0 aliphatic rings. The van der Waals surface area contributed by atoms with Crippen LogP contribution in [0.4, 0.5) is 17.1 Å². The molecule has 156 valence electrons. The molecule has 30 heavy (non-hydrogen) atoms. The van der Waals surface area contributed by atoms with Gasteiger partial charge in [-0.2, -0.15) is 0 Å². The van der Waals surface area contributed by atoms with Crippen molar-refractivity contribution in [1.82, 2.24) is 4.90 Å². The minimum Gasteiger partial charge on any atom is -0.505 e. The van der Waals surface area contributed by atoms with E-state index in [4.69, 9.17) is 0 Å². The van der Waals surface area contributed by atoms with Crippen LogP contribution in [0, 0.1) is 6.92 Å². The van der Waals surface area contributed by atoms with Gasteiger partial charge in [0.25, 0.3) is 16.8 Å². The first-order chi connectivity index (χ1) is 14.3. The van der Waals surface area contributed by atoms with Gasteiger partial charge >= 0.3 is 0 Å². The van der Waals surface area contributed by atoms with Gasteiger partial charge in [0.15, 0.2) is 5.75 Å². The Balaban J connectivity index is 1.96. The van der Waals surface area contributed by atoms with Crippen molar-refractivity contribution in [1.29, 1.82) is 0 Å². The standard InChI is InChI=1S/C23H25N3O4/c1-5-16(14-9-7-6-8-10-14)24-18-19(22(29)21(18)28)25-17-13(2)11-12-15(20(17)27)23(30)26(3)4/h6-12,16,24-25,27H,5H2,1-4H3/t16-/m1/s1. The highest BCUT2D eigenvalue weighted by molar-refractivity contribution is 5.99. The normalized spacial score (nSPS) is 11.9. The van der Waals surface area contributed by atoms with Gasteiger partial charge in [0.1, 0.15) is 11.4 Å². The third-order valence-electron chi connectivity index (χ3n) is 5.11. The third-order valence-corrected chi connectivity index (χ3v) is 5.11. The summed E-state index contributed by atoms with van der Waals surface area (Å²) in [6.07, 6.45) is 0.708. The molecule has 3 aromatic carbocycles.